The Labute approximate surface area is 191 Å². The number of nitrogens with zero attached hydrogens (tertiary/aromatic N) is 5. The number of hydrogen-bond acceptors (Lipinski definition) is 5. The molecule has 2 aliphatic rings. The van der Waals surface area contributed by atoms with E-state index in [9.17, 15) is 0 Å². The molecule has 0 atom stereocenters. The molecule has 0 amide bonds. The molecule has 2 fully saturated rings. The Morgan fingerprint density at radius 2 is 1.72 bits per heavy atom. The summed E-state index contributed by atoms with van der Waals surface area (Å²) >= 11 is 0. The fourth-order valence-electron chi connectivity index (χ4n) is 5.37. The van der Waals surface area contributed by atoms with E-state index in [4.69, 9.17) is 4.98 Å². The summed E-state index contributed by atoms with van der Waals surface area (Å²) in [4.78, 5) is 15.0. The van der Waals surface area contributed by atoms with E-state index in [0.29, 0.717) is 5.92 Å². The molecule has 0 aliphatic carbocycles. The van der Waals surface area contributed by atoms with Gasteiger partial charge in [-0.05, 0) is 56.4 Å². The van der Waals surface area contributed by atoms with Crippen LogP contribution in [-0.2, 0) is 0 Å². The average molecular weight is 433 g/mol. The highest BCUT2D eigenvalue weighted by atomic mass is 15.2. The summed E-state index contributed by atoms with van der Waals surface area (Å²) in [7, 11) is 0. The predicted molar refractivity (Wildman–Crippen MR) is 132 cm³/mol. The van der Waals surface area contributed by atoms with Crippen molar-refractivity contribution in [3.63, 3.8) is 0 Å². The second-order valence-corrected chi connectivity index (χ2v) is 9.79. The number of nitrogens with one attached hydrogen (secondary N) is 1. The van der Waals surface area contributed by atoms with Gasteiger partial charge in [0.05, 0.1) is 11.4 Å². The summed E-state index contributed by atoms with van der Waals surface area (Å²) in [5, 5.41) is 3.47. The van der Waals surface area contributed by atoms with Gasteiger partial charge in [-0.15, -0.1) is 0 Å². The Morgan fingerprint density at radius 3 is 2.44 bits per heavy atom. The van der Waals surface area contributed by atoms with E-state index in [2.05, 4.69) is 75.9 Å². The van der Waals surface area contributed by atoms with Crippen molar-refractivity contribution >= 4 is 11.5 Å². The molecule has 0 spiro atoms. The van der Waals surface area contributed by atoms with Crippen molar-refractivity contribution in [1.29, 1.82) is 0 Å². The standard InChI is InChI=1S/C26H36N6/c1-18(2)25-23(21-15-19(3)26-28-20(4)16-32(26)17-21)5-6-24(29-25)31-11-7-22(8-12-31)30-13-9-27-10-14-30/h5-6,15-18,22,27H,7-14H2,1-4H3. The second-order valence-electron chi connectivity index (χ2n) is 9.79. The van der Waals surface area contributed by atoms with Crippen LogP contribution in [0.5, 0.6) is 0 Å². The lowest BCUT2D eigenvalue weighted by molar-refractivity contribution is 0.150. The third-order valence-electron chi connectivity index (χ3n) is 7.08. The highest BCUT2D eigenvalue weighted by Crippen LogP contribution is 2.32. The minimum atomic E-state index is 0.365. The summed E-state index contributed by atoms with van der Waals surface area (Å²) in [5.41, 5.74) is 6.91. The molecule has 0 aromatic carbocycles. The number of rotatable bonds is 4. The van der Waals surface area contributed by atoms with E-state index in [1.807, 2.05) is 6.92 Å². The van der Waals surface area contributed by atoms with Crippen LogP contribution < -0.4 is 10.2 Å². The topological polar surface area (TPSA) is 48.7 Å². The molecule has 0 bridgehead atoms. The van der Waals surface area contributed by atoms with Gasteiger partial charge < -0.3 is 14.6 Å². The third kappa shape index (κ3) is 4.14. The molecule has 3 aromatic rings. The first-order valence-corrected chi connectivity index (χ1v) is 12.2. The van der Waals surface area contributed by atoms with Gasteiger partial charge >= 0.3 is 0 Å². The zero-order valence-electron chi connectivity index (χ0n) is 19.9. The van der Waals surface area contributed by atoms with Crippen molar-refractivity contribution in [2.45, 2.75) is 52.5 Å². The van der Waals surface area contributed by atoms with Gasteiger partial charge in [-0.25, -0.2) is 9.97 Å². The predicted octanol–water partition coefficient (Wildman–Crippen LogP) is 4.01. The van der Waals surface area contributed by atoms with Crippen molar-refractivity contribution < 1.29 is 0 Å². The Hall–Kier alpha value is -2.44. The van der Waals surface area contributed by atoms with Crippen LogP contribution in [0.15, 0.2) is 30.6 Å². The monoisotopic (exact) mass is 432 g/mol. The molecule has 5 heterocycles. The number of pyridine rings is 2. The number of piperazine rings is 1. The zero-order valence-corrected chi connectivity index (χ0v) is 19.9. The molecule has 2 aliphatic heterocycles. The minimum Gasteiger partial charge on any atom is -0.356 e. The van der Waals surface area contributed by atoms with Crippen LogP contribution >= 0.6 is 0 Å². The Balaban J connectivity index is 1.39. The Morgan fingerprint density at radius 1 is 0.969 bits per heavy atom. The van der Waals surface area contributed by atoms with Crippen molar-refractivity contribution in [2.75, 3.05) is 44.2 Å². The fraction of sp³-hybridized carbons (Fsp3) is 0.538. The van der Waals surface area contributed by atoms with Crippen LogP contribution in [-0.4, -0.2) is 64.6 Å². The maximum absolute atomic E-state index is 5.20. The van der Waals surface area contributed by atoms with Crippen molar-refractivity contribution in [3.8, 4) is 11.1 Å². The lowest BCUT2D eigenvalue weighted by atomic mass is 9.97. The van der Waals surface area contributed by atoms with Crippen LogP contribution in [0.3, 0.4) is 0 Å². The summed E-state index contributed by atoms with van der Waals surface area (Å²) in [5.74, 6) is 1.50. The molecule has 2 saturated heterocycles. The Bertz CT molecular complexity index is 1090. The van der Waals surface area contributed by atoms with Crippen molar-refractivity contribution in [3.05, 3.63) is 47.5 Å². The third-order valence-corrected chi connectivity index (χ3v) is 7.08. The molecule has 5 rings (SSSR count). The van der Waals surface area contributed by atoms with Crippen LogP contribution in [0.4, 0.5) is 5.82 Å². The van der Waals surface area contributed by atoms with E-state index >= 15 is 0 Å². The summed E-state index contributed by atoms with van der Waals surface area (Å²) < 4.78 is 2.15. The van der Waals surface area contributed by atoms with E-state index in [1.54, 1.807) is 0 Å². The minimum absolute atomic E-state index is 0.365. The molecule has 0 radical (unpaired) electrons. The quantitative estimate of drug-likeness (QED) is 0.675. The molecule has 0 unspecified atom stereocenters. The van der Waals surface area contributed by atoms with E-state index in [-0.39, 0.29) is 0 Å². The molecule has 3 aromatic heterocycles. The molecule has 32 heavy (non-hydrogen) atoms. The number of imidazole rings is 1. The van der Waals surface area contributed by atoms with Gasteiger partial charge in [0.2, 0.25) is 0 Å². The summed E-state index contributed by atoms with van der Waals surface area (Å²) in [6.45, 7) is 15.5. The first-order valence-electron chi connectivity index (χ1n) is 12.2. The number of aryl methyl sites for hydroxylation is 2. The van der Waals surface area contributed by atoms with Gasteiger partial charge in [0.25, 0.3) is 0 Å². The number of piperidine rings is 1. The zero-order chi connectivity index (χ0) is 22.2. The molecule has 1 N–H and O–H groups in total. The second kappa shape index (κ2) is 8.83. The van der Waals surface area contributed by atoms with E-state index in [0.717, 1.165) is 49.4 Å². The normalized spacial score (nSPS) is 18.7. The fourth-order valence-corrected chi connectivity index (χ4v) is 5.37. The lowest BCUT2D eigenvalue weighted by Crippen LogP contribution is -2.52. The highest BCUT2D eigenvalue weighted by molar-refractivity contribution is 5.70. The molecule has 6 nitrogen and oxygen atoms in total. The van der Waals surface area contributed by atoms with Crippen LogP contribution in [0.1, 0.15) is 49.6 Å². The van der Waals surface area contributed by atoms with Crippen LogP contribution in [0.2, 0.25) is 0 Å². The van der Waals surface area contributed by atoms with Gasteiger partial charge in [0, 0.05) is 68.8 Å². The van der Waals surface area contributed by atoms with Crippen LogP contribution in [0, 0.1) is 13.8 Å². The van der Waals surface area contributed by atoms with Gasteiger partial charge in [0.15, 0.2) is 0 Å². The summed E-state index contributed by atoms with van der Waals surface area (Å²) in [6, 6.07) is 7.49. The first kappa shape index (κ1) is 21.4. The van der Waals surface area contributed by atoms with E-state index < -0.39 is 0 Å². The largest absolute Gasteiger partial charge is 0.356 e. The van der Waals surface area contributed by atoms with Crippen molar-refractivity contribution in [1.82, 2.24) is 24.6 Å². The number of hydrogen-bond donors (Lipinski definition) is 1. The molecular weight excluding hydrogens is 396 g/mol. The maximum atomic E-state index is 5.20. The van der Waals surface area contributed by atoms with Gasteiger partial charge in [0.1, 0.15) is 11.5 Å². The highest BCUT2D eigenvalue weighted by Gasteiger charge is 2.26. The Kier molecular flexibility index (Phi) is 5.91. The molecular formula is C26H36N6. The maximum Gasteiger partial charge on any atom is 0.139 e. The van der Waals surface area contributed by atoms with Gasteiger partial charge in [-0.3, -0.25) is 4.90 Å². The number of anilines is 1. The number of fused-ring (bicyclic) bond motifs is 1. The smallest absolute Gasteiger partial charge is 0.139 e. The molecule has 170 valence electrons. The number of aromatic nitrogens is 3. The lowest BCUT2D eigenvalue weighted by Gasteiger charge is -2.40. The van der Waals surface area contributed by atoms with Crippen LogP contribution in [0.25, 0.3) is 16.8 Å². The van der Waals surface area contributed by atoms with Crippen molar-refractivity contribution in [2.24, 2.45) is 0 Å². The van der Waals surface area contributed by atoms with E-state index in [1.165, 1.54) is 48.3 Å². The molecule has 6 heteroatoms. The SMILES string of the molecule is Cc1cn2cc(-c3ccc(N4CCC(N5CCNCC5)CC4)nc3C(C)C)cc(C)c2n1. The molecule has 0 saturated carbocycles. The first-order chi connectivity index (χ1) is 15.5. The average Bonchev–Trinajstić information content (AvgIpc) is 3.20. The summed E-state index contributed by atoms with van der Waals surface area (Å²) in [6.07, 6.45) is 6.77. The van der Waals surface area contributed by atoms with Gasteiger partial charge in [-0.1, -0.05) is 13.8 Å². The van der Waals surface area contributed by atoms with Gasteiger partial charge in [-0.2, -0.15) is 0 Å².